The number of fused-ring (bicyclic) bond motifs is 1. The maximum atomic E-state index is 11.6. The van der Waals surface area contributed by atoms with Crippen LogP contribution in [-0.2, 0) is 9.53 Å². The maximum Gasteiger partial charge on any atom is 0.401 e. The normalized spacial score (nSPS) is 42.9. The average Bonchev–Trinajstić information content (AvgIpc) is 2.73. The molecule has 13 heavy (non-hydrogen) atoms. The second-order valence-corrected chi connectivity index (χ2v) is 4.88. The lowest BCUT2D eigenvalue weighted by Gasteiger charge is -2.29. The number of hydrogen-bond donors (Lipinski definition) is 0. The Morgan fingerprint density at radius 1 is 1.62 bits per heavy atom. The molecule has 0 radical (unpaired) electrons. The fourth-order valence-electron chi connectivity index (χ4n) is 2.34. The van der Waals surface area contributed by atoms with Crippen LogP contribution in [0, 0.1) is 5.92 Å². The van der Waals surface area contributed by atoms with E-state index in [0.717, 1.165) is 25.2 Å². The molecular formula is C9H12NO2S+. The number of rotatable bonds is 1. The van der Waals surface area contributed by atoms with E-state index in [1.54, 1.807) is 0 Å². The third-order valence-electron chi connectivity index (χ3n) is 3.02. The Morgan fingerprint density at radius 3 is 3.31 bits per heavy atom. The highest BCUT2D eigenvalue weighted by Gasteiger charge is 2.61. The van der Waals surface area contributed by atoms with Crippen molar-refractivity contribution in [2.75, 3.05) is 12.4 Å². The van der Waals surface area contributed by atoms with Crippen LogP contribution >= 0.6 is 11.8 Å². The van der Waals surface area contributed by atoms with Crippen molar-refractivity contribution in [2.24, 2.45) is 5.92 Å². The van der Waals surface area contributed by atoms with Gasteiger partial charge in [-0.3, -0.25) is 0 Å². The first kappa shape index (κ1) is 8.00. The average molecular weight is 198 g/mol. The van der Waals surface area contributed by atoms with Gasteiger partial charge in [-0.05, 0) is 12.8 Å². The van der Waals surface area contributed by atoms with Gasteiger partial charge in [-0.25, -0.2) is 4.79 Å². The van der Waals surface area contributed by atoms with Crippen molar-refractivity contribution in [3.63, 3.8) is 0 Å². The lowest BCUT2D eigenvalue weighted by Crippen LogP contribution is -2.56. The Bertz CT molecular complexity index is 283. The van der Waals surface area contributed by atoms with Crippen molar-refractivity contribution in [2.45, 2.75) is 24.3 Å². The molecule has 3 rings (SSSR count). The van der Waals surface area contributed by atoms with E-state index >= 15 is 0 Å². The van der Waals surface area contributed by atoms with Crippen molar-refractivity contribution in [3.05, 3.63) is 0 Å². The van der Waals surface area contributed by atoms with Crippen LogP contribution in [0.3, 0.4) is 0 Å². The molecule has 0 aromatic heterocycles. The van der Waals surface area contributed by atoms with Crippen LogP contribution in [0.5, 0.6) is 0 Å². The van der Waals surface area contributed by atoms with E-state index in [2.05, 4.69) is 0 Å². The molecule has 0 N–H and O–H groups in total. The lowest BCUT2D eigenvalue weighted by molar-refractivity contribution is -0.519. The predicted octanol–water partition coefficient (Wildman–Crippen LogP) is 0.478. The van der Waals surface area contributed by atoms with Crippen molar-refractivity contribution in [1.82, 2.24) is 0 Å². The van der Waals surface area contributed by atoms with Crippen molar-refractivity contribution < 1.29 is 14.1 Å². The van der Waals surface area contributed by atoms with E-state index in [1.165, 1.54) is 0 Å². The van der Waals surface area contributed by atoms with Crippen LogP contribution < -0.4 is 0 Å². The van der Waals surface area contributed by atoms with Crippen LogP contribution in [0.1, 0.15) is 12.8 Å². The van der Waals surface area contributed by atoms with Crippen LogP contribution in [0.4, 0.5) is 0 Å². The minimum Gasteiger partial charge on any atom is -0.377 e. The summed E-state index contributed by atoms with van der Waals surface area (Å²) in [6, 6.07) is 0. The Hall–Kier alpha value is -0.350. The molecule has 0 aliphatic carbocycles. The first-order chi connectivity index (χ1) is 6.38. The molecule has 0 saturated carbocycles. The summed E-state index contributed by atoms with van der Waals surface area (Å²) in [4.78, 5) is 11.6. The van der Waals surface area contributed by atoms with E-state index < -0.39 is 0 Å². The monoisotopic (exact) mass is 198 g/mol. The minimum absolute atomic E-state index is 0.159. The van der Waals surface area contributed by atoms with Crippen molar-refractivity contribution in [3.8, 4) is 0 Å². The molecule has 1 amide bonds. The van der Waals surface area contributed by atoms with Gasteiger partial charge in [0.2, 0.25) is 5.37 Å². The quantitative estimate of drug-likeness (QED) is 0.453. The van der Waals surface area contributed by atoms with Gasteiger partial charge in [-0.15, -0.1) is 0 Å². The zero-order chi connectivity index (χ0) is 8.84. The number of hydrogen-bond acceptors (Lipinski definition) is 3. The highest BCUT2D eigenvalue weighted by molar-refractivity contribution is 8.00. The van der Waals surface area contributed by atoms with Gasteiger partial charge in [0.1, 0.15) is 0 Å². The summed E-state index contributed by atoms with van der Waals surface area (Å²) < 4.78 is 7.43. The van der Waals surface area contributed by atoms with Crippen LogP contribution in [0.25, 0.3) is 0 Å². The Morgan fingerprint density at radius 2 is 2.54 bits per heavy atom. The molecule has 2 saturated heterocycles. The summed E-state index contributed by atoms with van der Waals surface area (Å²) >= 11 is 1.86. The van der Waals surface area contributed by atoms with Gasteiger partial charge >= 0.3 is 5.91 Å². The molecule has 3 nitrogen and oxygen atoms in total. The van der Waals surface area contributed by atoms with Crippen molar-refractivity contribution >= 4 is 23.9 Å². The van der Waals surface area contributed by atoms with E-state index in [1.807, 2.05) is 22.6 Å². The molecule has 0 aromatic carbocycles. The second-order valence-electron chi connectivity index (χ2n) is 3.73. The van der Waals surface area contributed by atoms with Gasteiger partial charge in [0.15, 0.2) is 12.1 Å². The SMILES string of the molecule is O=C1C([C@H]2CCCO2)[C@@H]2SCC=[N+]12. The number of carbonyl (C=O) groups is 1. The molecule has 3 heterocycles. The standard InChI is InChI=1S/C9H12NO2S/c11-8-7(6-2-1-4-12-6)9-10(8)3-5-13-9/h3,6-7,9H,1-2,4-5H2/q+1/t6-,7?,9+/m1/s1. The van der Waals surface area contributed by atoms with Gasteiger partial charge in [0.25, 0.3) is 0 Å². The molecule has 70 valence electrons. The molecule has 3 aliphatic heterocycles. The molecule has 4 heteroatoms. The molecule has 1 unspecified atom stereocenters. The molecule has 3 atom stereocenters. The number of nitrogens with zero attached hydrogens (tertiary/aromatic N) is 1. The van der Waals surface area contributed by atoms with Crippen LogP contribution in [0.2, 0.25) is 0 Å². The van der Waals surface area contributed by atoms with E-state index in [4.69, 9.17) is 4.74 Å². The molecule has 0 spiro atoms. The minimum atomic E-state index is 0.159. The van der Waals surface area contributed by atoms with Gasteiger partial charge in [-0.1, -0.05) is 11.8 Å². The Kier molecular flexibility index (Phi) is 1.73. The van der Waals surface area contributed by atoms with Gasteiger partial charge < -0.3 is 4.74 Å². The number of carbonyl (C=O) groups excluding carboxylic acids is 1. The zero-order valence-electron chi connectivity index (χ0n) is 7.31. The Balaban J connectivity index is 1.79. The van der Waals surface area contributed by atoms with E-state index in [0.29, 0.717) is 5.37 Å². The number of thioether (sulfide) groups is 1. The number of ether oxygens (including phenoxy) is 1. The molecule has 0 bridgehead atoms. The largest absolute Gasteiger partial charge is 0.401 e. The number of amides is 1. The first-order valence-corrected chi connectivity index (χ1v) is 5.81. The highest BCUT2D eigenvalue weighted by Crippen LogP contribution is 2.40. The van der Waals surface area contributed by atoms with Gasteiger partial charge in [-0.2, -0.15) is 4.58 Å². The van der Waals surface area contributed by atoms with Crippen LogP contribution in [0.15, 0.2) is 0 Å². The number of β-lactam (4-membered cyclic amide) rings is 1. The molecule has 2 fully saturated rings. The Labute approximate surface area is 81.1 Å². The lowest BCUT2D eigenvalue weighted by atomic mass is 9.92. The van der Waals surface area contributed by atoms with E-state index in [9.17, 15) is 4.79 Å². The molecular weight excluding hydrogens is 186 g/mol. The first-order valence-electron chi connectivity index (χ1n) is 4.76. The summed E-state index contributed by atoms with van der Waals surface area (Å²) in [5.41, 5.74) is 0. The summed E-state index contributed by atoms with van der Waals surface area (Å²) in [5.74, 6) is 1.42. The van der Waals surface area contributed by atoms with E-state index in [-0.39, 0.29) is 17.9 Å². The fraction of sp³-hybridized carbons (Fsp3) is 0.778. The topological polar surface area (TPSA) is 29.3 Å². The van der Waals surface area contributed by atoms with Gasteiger partial charge in [0, 0.05) is 6.61 Å². The third-order valence-corrected chi connectivity index (χ3v) is 4.23. The summed E-state index contributed by atoms with van der Waals surface area (Å²) in [6.07, 6.45) is 4.41. The zero-order valence-corrected chi connectivity index (χ0v) is 8.13. The molecule has 3 aliphatic rings. The van der Waals surface area contributed by atoms with Gasteiger partial charge in [0.05, 0.1) is 11.9 Å². The van der Waals surface area contributed by atoms with Crippen LogP contribution in [-0.4, -0.2) is 40.5 Å². The smallest absolute Gasteiger partial charge is 0.377 e. The predicted molar refractivity (Wildman–Crippen MR) is 50.0 cm³/mol. The highest BCUT2D eigenvalue weighted by atomic mass is 32.2. The van der Waals surface area contributed by atoms with Crippen molar-refractivity contribution in [1.29, 1.82) is 0 Å². The maximum absolute atomic E-state index is 11.6. The second kappa shape index (κ2) is 2.82. The summed E-state index contributed by atoms with van der Waals surface area (Å²) in [5, 5.41) is 0.399. The summed E-state index contributed by atoms with van der Waals surface area (Å²) in [7, 11) is 0. The molecule has 0 aromatic rings. The summed E-state index contributed by atoms with van der Waals surface area (Å²) in [6.45, 7) is 0.843. The fourth-order valence-corrected chi connectivity index (χ4v) is 3.63. The third kappa shape index (κ3) is 1.02.